The van der Waals surface area contributed by atoms with Crippen molar-refractivity contribution in [1.82, 2.24) is 4.90 Å². The molecule has 0 aliphatic carbocycles. The fourth-order valence-corrected chi connectivity index (χ4v) is 1.28. The lowest BCUT2D eigenvalue weighted by Gasteiger charge is -2.24. The van der Waals surface area contributed by atoms with Crippen LogP contribution in [-0.4, -0.2) is 42.8 Å². The molecule has 0 aromatic rings. The first-order valence-electron chi connectivity index (χ1n) is 6.36. The maximum Gasteiger partial charge on any atom is 0.410 e. The van der Waals surface area contributed by atoms with Crippen LogP contribution in [0.5, 0.6) is 0 Å². The Kier molecular flexibility index (Phi) is 7.39. The van der Waals surface area contributed by atoms with E-state index in [9.17, 15) is 9.59 Å². The van der Waals surface area contributed by atoms with Gasteiger partial charge in [0.2, 0.25) is 0 Å². The van der Waals surface area contributed by atoms with Crippen molar-refractivity contribution in [2.24, 2.45) is 0 Å². The van der Waals surface area contributed by atoms with Crippen molar-refractivity contribution in [3.05, 3.63) is 0 Å². The second-order valence-electron chi connectivity index (χ2n) is 5.16. The highest BCUT2D eigenvalue weighted by molar-refractivity contribution is 5.69. The second-order valence-corrected chi connectivity index (χ2v) is 5.16. The minimum absolute atomic E-state index is 0.183. The fraction of sp³-hybridized carbons (Fsp3) is 0.846. The molecule has 0 aromatic heterocycles. The summed E-state index contributed by atoms with van der Waals surface area (Å²) < 4.78 is 10.0. The Morgan fingerprint density at radius 2 is 1.78 bits per heavy atom. The molecule has 5 nitrogen and oxygen atoms in total. The Labute approximate surface area is 109 Å². The third kappa shape index (κ3) is 8.84. The number of carbonyl (C=O) groups excluding carboxylic acids is 2. The van der Waals surface area contributed by atoms with Crippen LogP contribution in [0.25, 0.3) is 0 Å². The van der Waals surface area contributed by atoms with E-state index in [0.717, 1.165) is 6.42 Å². The van der Waals surface area contributed by atoms with E-state index in [1.165, 1.54) is 4.90 Å². The number of amides is 1. The molecule has 0 saturated carbocycles. The third-order valence-electron chi connectivity index (χ3n) is 2.13. The summed E-state index contributed by atoms with van der Waals surface area (Å²) >= 11 is 0. The molecular weight excluding hydrogens is 234 g/mol. The van der Waals surface area contributed by atoms with Gasteiger partial charge >= 0.3 is 12.1 Å². The molecule has 0 N–H and O–H groups in total. The van der Waals surface area contributed by atoms with Crippen molar-refractivity contribution in [1.29, 1.82) is 0 Å². The molecule has 106 valence electrons. The third-order valence-corrected chi connectivity index (χ3v) is 2.13. The minimum Gasteiger partial charge on any atom is -0.466 e. The molecule has 0 aliphatic heterocycles. The van der Waals surface area contributed by atoms with Crippen molar-refractivity contribution in [3.63, 3.8) is 0 Å². The molecule has 0 bridgehead atoms. The molecule has 0 heterocycles. The number of unbranched alkanes of at least 4 members (excludes halogenated alkanes) is 1. The van der Waals surface area contributed by atoms with Gasteiger partial charge in [-0.2, -0.15) is 0 Å². The van der Waals surface area contributed by atoms with Crippen LogP contribution in [0, 0.1) is 0 Å². The van der Waals surface area contributed by atoms with Gasteiger partial charge in [-0.3, -0.25) is 4.79 Å². The largest absolute Gasteiger partial charge is 0.466 e. The Morgan fingerprint density at radius 3 is 2.28 bits per heavy atom. The molecule has 0 atom stereocenters. The maximum absolute atomic E-state index is 11.6. The molecule has 0 aliphatic rings. The van der Waals surface area contributed by atoms with Crippen molar-refractivity contribution in [2.75, 3.05) is 20.2 Å². The number of rotatable bonds is 6. The molecule has 5 heteroatoms. The lowest BCUT2D eigenvalue weighted by Crippen LogP contribution is -2.34. The normalized spacial score (nSPS) is 10.9. The average molecular weight is 259 g/mol. The van der Waals surface area contributed by atoms with E-state index in [1.54, 1.807) is 14.0 Å². The smallest absolute Gasteiger partial charge is 0.410 e. The highest BCUT2D eigenvalue weighted by Gasteiger charge is 2.19. The highest BCUT2D eigenvalue weighted by Crippen LogP contribution is 2.09. The molecule has 0 radical (unpaired) electrons. The van der Waals surface area contributed by atoms with Crippen molar-refractivity contribution in [3.8, 4) is 0 Å². The molecule has 0 saturated heterocycles. The molecule has 18 heavy (non-hydrogen) atoms. The van der Waals surface area contributed by atoms with E-state index < -0.39 is 5.60 Å². The van der Waals surface area contributed by atoms with Crippen LogP contribution in [0.2, 0.25) is 0 Å². The topological polar surface area (TPSA) is 55.8 Å². The molecular formula is C13H25NO4. The number of nitrogens with zero attached hydrogens (tertiary/aromatic N) is 1. The van der Waals surface area contributed by atoms with Crippen LogP contribution in [0.4, 0.5) is 4.79 Å². The first kappa shape index (κ1) is 16.7. The van der Waals surface area contributed by atoms with E-state index in [4.69, 9.17) is 9.47 Å². The predicted molar refractivity (Wildman–Crippen MR) is 69.3 cm³/mol. The summed E-state index contributed by atoms with van der Waals surface area (Å²) in [6, 6.07) is 0. The van der Waals surface area contributed by atoms with Gasteiger partial charge < -0.3 is 14.4 Å². The second kappa shape index (κ2) is 7.95. The van der Waals surface area contributed by atoms with Crippen LogP contribution < -0.4 is 0 Å². The summed E-state index contributed by atoms with van der Waals surface area (Å²) in [6.07, 6.45) is 1.54. The van der Waals surface area contributed by atoms with Gasteiger partial charge in [-0.15, -0.1) is 0 Å². The van der Waals surface area contributed by atoms with Gasteiger partial charge in [-0.1, -0.05) is 0 Å². The van der Waals surface area contributed by atoms with Gasteiger partial charge in [0.15, 0.2) is 0 Å². The van der Waals surface area contributed by atoms with Gasteiger partial charge in [0.1, 0.15) is 5.60 Å². The van der Waals surface area contributed by atoms with Crippen LogP contribution in [0.3, 0.4) is 0 Å². The van der Waals surface area contributed by atoms with Crippen molar-refractivity contribution >= 4 is 12.1 Å². The van der Waals surface area contributed by atoms with Gasteiger partial charge in [0, 0.05) is 20.0 Å². The summed E-state index contributed by atoms with van der Waals surface area (Å²) in [5.74, 6) is -0.183. The Bertz CT molecular complexity index is 271. The predicted octanol–water partition coefficient (Wildman–Crippen LogP) is 2.59. The number of ether oxygens (including phenoxy) is 2. The molecule has 0 fully saturated rings. The van der Waals surface area contributed by atoms with Crippen LogP contribution in [-0.2, 0) is 14.3 Å². The molecule has 1 amide bonds. The summed E-state index contributed by atoms with van der Waals surface area (Å²) in [5.41, 5.74) is -0.476. The zero-order chi connectivity index (χ0) is 14.2. The van der Waals surface area contributed by atoms with Gasteiger partial charge in [-0.25, -0.2) is 4.79 Å². The number of hydrogen-bond acceptors (Lipinski definition) is 4. The standard InChI is InChI=1S/C13H25NO4/c1-6-17-11(15)9-7-8-10-14(5)12(16)18-13(2,3)4/h6-10H2,1-5H3. The zero-order valence-corrected chi connectivity index (χ0v) is 12.1. The maximum atomic E-state index is 11.6. The summed E-state index contributed by atoms with van der Waals surface area (Å²) in [7, 11) is 1.69. The lowest BCUT2D eigenvalue weighted by atomic mass is 10.2. The summed E-state index contributed by atoms with van der Waals surface area (Å²) in [6.45, 7) is 8.28. The summed E-state index contributed by atoms with van der Waals surface area (Å²) in [5, 5.41) is 0. The van der Waals surface area contributed by atoms with Crippen molar-refractivity contribution in [2.45, 2.75) is 52.6 Å². The first-order valence-corrected chi connectivity index (χ1v) is 6.36. The van der Waals surface area contributed by atoms with E-state index in [1.807, 2.05) is 20.8 Å². The molecule has 0 rings (SSSR count). The monoisotopic (exact) mass is 259 g/mol. The quantitative estimate of drug-likeness (QED) is 0.543. The van der Waals surface area contributed by atoms with E-state index >= 15 is 0 Å². The first-order chi connectivity index (χ1) is 8.26. The summed E-state index contributed by atoms with van der Waals surface area (Å²) in [4.78, 5) is 24.2. The van der Waals surface area contributed by atoms with E-state index in [2.05, 4.69) is 0 Å². The van der Waals surface area contributed by atoms with Crippen LogP contribution in [0.1, 0.15) is 47.0 Å². The number of esters is 1. The van der Waals surface area contributed by atoms with E-state index in [-0.39, 0.29) is 12.1 Å². The minimum atomic E-state index is -0.476. The molecule has 0 aromatic carbocycles. The fourth-order valence-electron chi connectivity index (χ4n) is 1.28. The van der Waals surface area contributed by atoms with Crippen molar-refractivity contribution < 1.29 is 19.1 Å². The average Bonchev–Trinajstić information content (AvgIpc) is 2.22. The SMILES string of the molecule is CCOC(=O)CCCCN(C)C(=O)OC(C)(C)C. The Morgan fingerprint density at radius 1 is 1.17 bits per heavy atom. The zero-order valence-electron chi connectivity index (χ0n) is 12.1. The van der Waals surface area contributed by atoms with Gasteiger partial charge in [0.05, 0.1) is 6.61 Å². The molecule has 0 spiro atoms. The van der Waals surface area contributed by atoms with Gasteiger partial charge in [0.25, 0.3) is 0 Å². The van der Waals surface area contributed by atoms with Gasteiger partial charge in [-0.05, 0) is 40.5 Å². The lowest BCUT2D eigenvalue weighted by molar-refractivity contribution is -0.143. The van der Waals surface area contributed by atoms with Crippen LogP contribution >= 0.6 is 0 Å². The molecule has 0 unspecified atom stereocenters. The Balaban J connectivity index is 3.74. The van der Waals surface area contributed by atoms with E-state index in [0.29, 0.717) is 26.0 Å². The number of hydrogen-bond donors (Lipinski definition) is 0. The Hall–Kier alpha value is -1.26. The number of carbonyl (C=O) groups is 2. The highest BCUT2D eigenvalue weighted by atomic mass is 16.6. The van der Waals surface area contributed by atoms with Crippen LogP contribution in [0.15, 0.2) is 0 Å².